The molecule has 14 heavy (non-hydrogen) atoms. The number of rotatable bonds is 11. The molecule has 0 unspecified atom stereocenters. The summed E-state index contributed by atoms with van der Waals surface area (Å²) in [5.74, 6) is 0. The van der Waals surface area contributed by atoms with E-state index in [1.807, 2.05) is 6.08 Å². The van der Waals surface area contributed by atoms with Crippen LogP contribution >= 0.6 is 0 Å². The van der Waals surface area contributed by atoms with Gasteiger partial charge in [0.1, 0.15) is 0 Å². The van der Waals surface area contributed by atoms with Gasteiger partial charge in [0, 0.05) is 26.9 Å². The van der Waals surface area contributed by atoms with Crippen molar-refractivity contribution in [3.63, 3.8) is 0 Å². The first kappa shape index (κ1) is 13.6. The van der Waals surface area contributed by atoms with Gasteiger partial charge >= 0.3 is 0 Å². The zero-order valence-corrected chi connectivity index (χ0v) is 9.26. The fourth-order valence-electron chi connectivity index (χ4n) is 1.03. The number of allylic oxidation sites excluding steroid dienone is 1. The van der Waals surface area contributed by atoms with Crippen molar-refractivity contribution in [1.82, 2.24) is 5.32 Å². The van der Waals surface area contributed by atoms with Gasteiger partial charge in [0.05, 0.1) is 6.61 Å². The van der Waals surface area contributed by atoms with Crippen LogP contribution in [0.2, 0.25) is 0 Å². The highest BCUT2D eigenvalue weighted by atomic mass is 16.5. The normalized spacial score (nSPS) is 10.4. The molecule has 0 saturated carbocycles. The van der Waals surface area contributed by atoms with E-state index in [-0.39, 0.29) is 0 Å². The van der Waals surface area contributed by atoms with Gasteiger partial charge in [0.25, 0.3) is 0 Å². The fourth-order valence-corrected chi connectivity index (χ4v) is 1.03. The lowest BCUT2D eigenvalue weighted by molar-refractivity contribution is 0.129. The molecule has 3 heteroatoms. The summed E-state index contributed by atoms with van der Waals surface area (Å²) >= 11 is 0. The van der Waals surface area contributed by atoms with Gasteiger partial charge in [-0.2, -0.15) is 0 Å². The first-order valence-electron chi connectivity index (χ1n) is 5.30. The molecule has 0 aliphatic rings. The molecule has 0 aliphatic carbocycles. The van der Waals surface area contributed by atoms with E-state index in [0.29, 0.717) is 0 Å². The Morgan fingerprint density at radius 1 is 1.14 bits per heavy atom. The third-order valence-corrected chi connectivity index (χ3v) is 1.82. The maximum atomic E-state index is 5.42. The van der Waals surface area contributed by atoms with Gasteiger partial charge in [-0.25, -0.2) is 0 Å². The first-order valence-corrected chi connectivity index (χ1v) is 5.30. The van der Waals surface area contributed by atoms with Crippen LogP contribution < -0.4 is 5.32 Å². The van der Waals surface area contributed by atoms with Crippen LogP contribution in [0.15, 0.2) is 12.7 Å². The Morgan fingerprint density at radius 3 is 2.64 bits per heavy atom. The highest BCUT2D eigenvalue weighted by Crippen LogP contribution is 1.90. The van der Waals surface area contributed by atoms with E-state index in [2.05, 4.69) is 11.9 Å². The third-order valence-electron chi connectivity index (χ3n) is 1.82. The molecular weight excluding hydrogens is 178 g/mol. The number of methoxy groups -OCH3 is 1. The van der Waals surface area contributed by atoms with E-state index < -0.39 is 0 Å². The van der Waals surface area contributed by atoms with Gasteiger partial charge in [-0.1, -0.05) is 6.08 Å². The van der Waals surface area contributed by atoms with Gasteiger partial charge in [0.2, 0.25) is 0 Å². The number of ether oxygens (including phenoxy) is 2. The average molecular weight is 201 g/mol. The molecule has 3 nitrogen and oxygen atoms in total. The first-order chi connectivity index (χ1) is 6.91. The summed E-state index contributed by atoms with van der Waals surface area (Å²) in [6, 6.07) is 0. The second-order valence-electron chi connectivity index (χ2n) is 3.14. The molecule has 0 aromatic carbocycles. The van der Waals surface area contributed by atoms with Crippen molar-refractivity contribution < 1.29 is 9.47 Å². The predicted octanol–water partition coefficient (Wildman–Crippen LogP) is 1.60. The highest BCUT2D eigenvalue weighted by molar-refractivity contribution is 4.64. The number of unbranched alkanes of at least 4 members (excludes halogenated alkanes) is 1. The molecule has 0 rings (SSSR count). The van der Waals surface area contributed by atoms with Gasteiger partial charge in [-0.3, -0.25) is 0 Å². The Labute approximate surface area is 87.5 Å². The summed E-state index contributed by atoms with van der Waals surface area (Å²) in [6.45, 7) is 8.06. The molecule has 0 aromatic rings. The molecule has 0 heterocycles. The minimum Gasteiger partial charge on any atom is -0.383 e. The molecule has 1 N–H and O–H groups in total. The molecule has 0 saturated heterocycles. The molecule has 84 valence electrons. The van der Waals surface area contributed by atoms with Crippen LogP contribution in [-0.4, -0.2) is 40.0 Å². The number of hydrogen-bond acceptors (Lipinski definition) is 3. The maximum absolute atomic E-state index is 5.42. The lowest BCUT2D eigenvalue weighted by atomic mass is 10.3. The summed E-state index contributed by atoms with van der Waals surface area (Å²) < 4.78 is 10.3. The fraction of sp³-hybridized carbons (Fsp3) is 0.818. The van der Waals surface area contributed by atoms with Crippen LogP contribution in [0.4, 0.5) is 0 Å². The average Bonchev–Trinajstić information content (AvgIpc) is 2.21. The van der Waals surface area contributed by atoms with Crippen molar-refractivity contribution in [2.45, 2.75) is 19.3 Å². The van der Waals surface area contributed by atoms with Crippen LogP contribution in [-0.2, 0) is 9.47 Å². The van der Waals surface area contributed by atoms with E-state index in [1.165, 1.54) is 0 Å². The summed E-state index contributed by atoms with van der Waals surface area (Å²) in [4.78, 5) is 0. The molecule has 0 spiro atoms. The zero-order valence-electron chi connectivity index (χ0n) is 9.26. The molecule has 0 aromatic heterocycles. The van der Waals surface area contributed by atoms with Crippen molar-refractivity contribution >= 4 is 0 Å². The minimum absolute atomic E-state index is 0.778. The van der Waals surface area contributed by atoms with Crippen LogP contribution in [0.5, 0.6) is 0 Å². The van der Waals surface area contributed by atoms with Crippen molar-refractivity contribution in [3.05, 3.63) is 12.7 Å². The lowest BCUT2D eigenvalue weighted by Gasteiger charge is -2.04. The number of hydrogen-bond donors (Lipinski definition) is 1. The molecule has 0 radical (unpaired) electrons. The number of nitrogens with one attached hydrogen (secondary N) is 1. The Bertz CT molecular complexity index is 118. The molecule has 0 bridgehead atoms. The topological polar surface area (TPSA) is 30.5 Å². The summed E-state index contributed by atoms with van der Waals surface area (Å²) in [5.41, 5.74) is 0. The molecule has 0 aliphatic heterocycles. The van der Waals surface area contributed by atoms with Crippen LogP contribution in [0.25, 0.3) is 0 Å². The lowest BCUT2D eigenvalue weighted by Crippen LogP contribution is -2.21. The van der Waals surface area contributed by atoms with Crippen LogP contribution in [0, 0.1) is 0 Å². The van der Waals surface area contributed by atoms with Crippen molar-refractivity contribution in [3.8, 4) is 0 Å². The van der Waals surface area contributed by atoms with E-state index in [4.69, 9.17) is 9.47 Å². The Kier molecular flexibility index (Phi) is 12.3. The smallest absolute Gasteiger partial charge is 0.0587 e. The van der Waals surface area contributed by atoms with Crippen molar-refractivity contribution in [1.29, 1.82) is 0 Å². The SMILES string of the molecule is C=CCCCOCCCNCCOC. The summed E-state index contributed by atoms with van der Waals surface area (Å²) in [5, 5.41) is 3.27. The standard InChI is InChI=1S/C11H23NO2/c1-3-4-5-9-14-10-6-7-12-8-11-13-2/h3,12H,1,4-11H2,2H3. The van der Waals surface area contributed by atoms with Crippen LogP contribution in [0.3, 0.4) is 0 Å². The largest absolute Gasteiger partial charge is 0.383 e. The van der Waals surface area contributed by atoms with Gasteiger partial charge in [-0.15, -0.1) is 6.58 Å². The van der Waals surface area contributed by atoms with Crippen LogP contribution in [0.1, 0.15) is 19.3 Å². The van der Waals surface area contributed by atoms with Crippen molar-refractivity contribution in [2.24, 2.45) is 0 Å². The third kappa shape index (κ3) is 11.6. The molecule has 0 atom stereocenters. The van der Waals surface area contributed by atoms with E-state index >= 15 is 0 Å². The summed E-state index contributed by atoms with van der Waals surface area (Å²) in [6.07, 6.45) is 5.13. The van der Waals surface area contributed by atoms with E-state index in [0.717, 1.165) is 52.2 Å². The van der Waals surface area contributed by atoms with Gasteiger partial charge in [-0.05, 0) is 25.8 Å². The Hall–Kier alpha value is -0.380. The minimum atomic E-state index is 0.778. The van der Waals surface area contributed by atoms with E-state index in [1.54, 1.807) is 7.11 Å². The van der Waals surface area contributed by atoms with Gasteiger partial charge < -0.3 is 14.8 Å². The molecular formula is C11H23NO2. The highest BCUT2D eigenvalue weighted by Gasteiger charge is 1.89. The van der Waals surface area contributed by atoms with Gasteiger partial charge in [0.15, 0.2) is 0 Å². The maximum Gasteiger partial charge on any atom is 0.0587 e. The quantitative estimate of drug-likeness (QED) is 0.407. The monoisotopic (exact) mass is 201 g/mol. The van der Waals surface area contributed by atoms with E-state index in [9.17, 15) is 0 Å². The Balaban J connectivity index is 2.81. The van der Waals surface area contributed by atoms with Crippen molar-refractivity contribution in [2.75, 3.05) is 40.0 Å². The summed E-state index contributed by atoms with van der Waals surface area (Å²) in [7, 11) is 1.71. The predicted molar refractivity (Wildman–Crippen MR) is 59.6 cm³/mol. The molecule has 0 fully saturated rings. The zero-order chi connectivity index (χ0) is 10.5. The Morgan fingerprint density at radius 2 is 1.93 bits per heavy atom. The molecule has 0 amide bonds. The second kappa shape index (κ2) is 12.6. The second-order valence-corrected chi connectivity index (χ2v) is 3.14.